The van der Waals surface area contributed by atoms with E-state index in [1.807, 2.05) is 24.0 Å². The van der Waals surface area contributed by atoms with Crippen LogP contribution in [-0.4, -0.2) is 9.78 Å². The van der Waals surface area contributed by atoms with Gasteiger partial charge in [-0.15, -0.1) is 0 Å². The lowest BCUT2D eigenvalue weighted by Crippen LogP contribution is -1.93. The number of nitrogens with zero attached hydrogens (tertiary/aromatic N) is 2. The van der Waals surface area contributed by atoms with Gasteiger partial charge in [0, 0.05) is 6.20 Å². The van der Waals surface area contributed by atoms with Gasteiger partial charge in [-0.05, 0) is 18.9 Å². The number of hydrogen-bond donors (Lipinski definition) is 0. The molecule has 0 spiro atoms. The average Bonchev–Trinajstić information content (AvgIpc) is 2.37. The summed E-state index contributed by atoms with van der Waals surface area (Å²) in [6, 6.07) is 0. The number of hydrogen-bond acceptors (Lipinski definition) is 1. The van der Waals surface area contributed by atoms with Crippen LogP contribution in [0.5, 0.6) is 0 Å². The van der Waals surface area contributed by atoms with Gasteiger partial charge >= 0.3 is 0 Å². The Morgan fingerprint density at radius 3 is 2.91 bits per heavy atom. The lowest BCUT2D eigenvalue weighted by molar-refractivity contribution is 0.700. The second kappa shape index (κ2) is 3.96. The Morgan fingerprint density at radius 2 is 2.36 bits per heavy atom. The molecule has 0 saturated carbocycles. The maximum absolute atomic E-state index is 4.15. The summed E-state index contributed by atoms with van der Waals surface area (Å²) in [6.45, 7) is 5.07. The highest BCUT2D eigenvalue weighted by molar-refractivity contribution is 5.00. The van der Waals surface area contributed by atoms with Crippen molar-refractivity contribution < 1.29 is 0 Å². The van der Waals surface area contributed by atoms with Gasteiger partial charge in [-0.2, -0.15) is 5.10 Å². The number of aromatic nitrogens is 2. The molecule has 0 saturated heterocycles. The van der Waals surface area contributed by atoms with Gasteiger partial charge in [0.05, 0.1) is 12.7 Å². The number of allylic oxidation sites excluding steroid dienone is 2. The maximum Gasteiger partial charge on any atom is 0.0590 e. The zero-order valence-corrected chi connectivity index (χ0v) is 7.12. The minimum absolute atomic E-state index is 0.891. The molecule has 0 aromatic carbocycles. The molecule has 1 rings (SSSR count). The second-order valence-electron chi connectivity index (χ2n) is 2.62. The first-order valence-corrected chi connectivity index (χ1v) is 3.97. The molecule has 2 nitrogen and oxygen atoms in total. The van der Waals surface area contributed by atoms with Crippen molar-refractivity contribution in [3.63, 3.8) is 0 Å². The molecule has 0 atom stereocenters. The first kappa shape index (κ1) is 8.05. The number of rotatable bonds is 3. The summed E-state index contributed by atoms with van der Waals surface area (Å²) in [5, 5.41) is 4.15. The average molecular weight is 150 g/mol. The van der Waals surface area contributed by atoms with Gasteiger partial charge in [-0.25, -0.2) is 0 Å². The minimum atomic E-state index is 0.891. The van der Waals surface area contributed by atoms with Crippen molar-refractivity contribution in [2.24, 2.45) is 0 Å². The Bertz CT molecular complexity index is 235. The number of aryl methyl sites for hydroxylation is 1. The molecule has 0 radical (unpaired) electrons. The van der Waals surface area contributed by atoms with E-state index in [1.54, 1.807) is 0 Å². The van der Waals surface area contributed by atoms with E-state index in [1.165, 1.54) is 5.56 Å². The molecule has 60 valence electrons. The highest BCUT2D eigenvalue weighted by Crippen LogP contribution is 1.94. The Labute approximate surface area is 67.5 Å². The van der Waals surface area contributed by atoms with Gasteiger partial charge in [0.2, 0.25) is 0 Å². The van der Waals surface area contributed by atoms with Gasteiger partial charge in [-0.3, -0.25) is 4.68 Å². The van der Waals surface area contributed by atoms with E-state index < -0.39 is 0 Å². The van der Waals surface area contributed by atoms with Crippen molar-refractivity contribution in [2.45, 2.75) is 26.8 Å². The second-order valence-corrected chi connectivity index (χ2v) is 2.62. The molecule has 0 bridgehead atoms. The zero-order chi connectivity index (χ0) is 8.10. The fraction of sp³-hybridized carbons (Fsp3) is 0.444. The lowest BCUT2D eigenvalue weighted by Gasteiger charge is -1.92. The summed E-state index contributed by atoms with van der Waals surface area (Å²) in [5.41, 5.74) is 1.22. The maximum atomic E-state index is 4.15. The normalized spacial score (nSPS) is 11.1. The van der Waals surface area contributed by atoms with Gasteiger partial charge in [0.25, 0.3) is 0 Å². The highest BCUT2D eigenvalue weighted by Gasteiger charge is 1.88. The van der Waals surface area contributed by atoms with Crippen molar-refractivity contribution in [1.29, 1.82) is 0 Å². The van der Waals surface area contributed by atoms with E-state index in [0.29, 0.717) is 0 Å². The predicted molar refractivity (Wildman–Crippen MR) is 46.4 cm³/mol. The first-order valence-electron chi connectivity index (χ1n) is 3.97. The Morgan fingerprint density at radius 1 is 1.55 bits per heavy atom. The van der Waals surface area contributed by atoms with Crippen molar-refractivity contribution in [2.75, 3.05) is 0 Å². The molecule has 11 heavy (non-hydrogen) atoms. The third-order valence-corrected chi connectivity index (χ3v) is 1.46. The Balaban J connectivity index is 2.45. The predicted octanol–water partition coefficient (Wildman–Crippen LogP) is 2.16. The van der Waals surface area contributed by atoms with Crippen LogP contribution in [0.1, 0.15) is 18.9 Å². The van der Waals surface area contributed by atoms with Crippen LogP contribution in [0.3, 0.4) is 0 Å². The van der Waals surface area contributed by atoms with Gasteiger partial charge in [0.15, 0.2) is 0 Å². The van der Waals surface area contributed by atoms with Crippen molar-refractivity contribution in [1.82, 2.24) is 9.78 Å². The first-order chi connectivity index (χ1) is 5.33. The van der Waals surface area contributed by atoms with E-state index in [0.717, 1.165) is 13.0 Å². The van der Waals surface area contributed by atoms with Crippen LogP contribution < -0.4 is 0 Å². The summed E-state index contributed by atoms with van der Waals surface area (Å²) in [6.07, 6.45) is 9.30. The summed E-state index contributed by atoms with van der Waals surface area (Å²) >= 11 is 0. The van der Waals surface area contributed by atoms with Crippen molar-refractivity contribution >= 4 is 0 Å². The quantitative estimate of drug-likeness (QED) is 0.604. The summed E-state index contributed by atoms with van der Waals surface area (Å²) in [4.78, 5) is 0. The molecule has 1 aromatic rings. The van der Waals surface area contributed by atoms with Gasteiger partial charge in [0.1, 0.15) is 0 Å². The van der Waals surface area contributed by atoms with Crippen LogP contribution in [0.15, 0.2) is 24.5 Å². The molecule has 0 aliphatic rings. The van der Waals surface area contributed by atoms with Crippen LogP contribution in [0.25, 0.3) is 0 Å². The van der Waals surface area contributed by atoms with E-state index in [4.69, 9.17) is 0 Å². The minimum Gasteiger partial charge on any atom is -0.269 e. The van der Waals surface area contributed by atoms with Crippen LogP contribution in [0.4, 0.5) is 0 Å². The fourth-order valence-electron chi connectivity index (χ4n) is 0.916. The molecule has 1 heterocycles. The van der Waals surface area contributed by atoms with Crippen LogP contribution >= 0.6 is 0 Å². The fourth-order valence-corrected chi connectivity index (χ4v) is 0.916. The molecule has 0 aliphatic heterocycles. The molecule has 0 aliphatic carbocycles. The van der Waals surface area contributed by atoms with E-state index in [9.17, 15) is 0 Å². The van der Waals surface area contributed by atoms with Crippen LogP contribution in [0.2, 0.25) is 0 Å². The molecule has 0 N–H and O–H groups in total. The largest absolute Gasteiger partial charge is 0.269 e. The molecule has 0 fully saturated rings. The Hall–Kier alpha value is -1.05. The standard InChI is InChI=1S/C9H14N2/c1-3-4-5-6-11-8-9(2)7-10-11/h4-5,7-8H,3,6H2,1-2H3/b5-4+. The van der Waals surface area contributed by atoms with E-state index in [-0.39, 0.29) is 0 Å². The third kappa shape index (κ3) is 2.58. The van der Waals surface area contributed by atoms with Gasteiger partial charge in [-0.1, -0.05) is 19.1 Å². The van der Waals surface area contributed by atoms with E-state index >= 15 is 0 Å². The van der Waals surface area contributed by atoms with Crippen molar-refractivity contribution in [3.8, 4) is 0 Å². The monoisotopic (exact) mass is 150 g/mol. The van der Waals surface area contributed by atoms with Crippen LogP contribution in [0, 0.1) is 6.92 Å². The molecular formula is C9H14N2. The summed E-state index contributed by atoms with van der Waals surface area (Å²) in [5.74, 6) is 0. The lowest BCUT2D eigenvalue weighted by atomic mass is 10.4. The molecule has 1 aromatic heterocycles. The molecular weight excluding hydrogens is 136 g/mol. The highest BCUT2D eigenvalue weighted by atomic mass is 15.3. The van der Waals surface area contributed by atoms with Crippen molar-refractivity contribution in [3.05, 3.63) is 30.1 Å². The zero-order valence-electron chi connectivity index (χ0n) is 7.12. The third-order valence-electron chi connectivity index (χ3n) is 1.46. The van der Waals surface area contributed by atoms with Crippen LogP contribution in [-0.2, 0) is 6.54 Å². The molecule has 2 heteroatoms. The summed E-state index contributed by atoms with van der Waals surface area (Å²) < 4.78 is 1.93. The van der Waals surface area contributed by atoms with Gasteiger partial charge < -0.3 is 0 Å². The molecule has 0 unspecified atom stereocenters. The summed E-state index contributed by atoms with van der Waals surface area (Å²) in [7, 11) is 0. The van der Waals surface area contributed by atoms with E-state index in [2.05, 4.69) is 24.2 Å². The smallest absolute Gasteiger partial charge is 0.0590 e. The topological polar surface area (TPSA) is 17.8 Å². The molecule has 0 amide bonds. The Kier molecular flexibility index (Phi) is 2.90. The SMILES string of the molecule is CC/C=C/Cn1cc(C)cn1.